The lowest BCUT2D eigenvalue weighted by molar-refractivity contribution is -0.118. The van der Waals surface area contributed by atoms with Crippen LogP contribution in [0.2, 0.25) is 0 Å². The largest absolute Gasteiger partial charge is 0.492 e. The average molecular weight is 408 g/mol. The molecule has 8 nitrogen and oxygen atoms in total. The highest BCUT2D eigenvalue weighted by Gasteiger charge is 2.29. The van der Waals surface area contributed by atoms with E-state index < -0.39 is 0 Å². The lowest BCUT2D eigenvalue weighted by Crippen LogP contribution is -2.26. The summed E-state index contributed by atoms with van der Waals surface area (Å²) in [6.07, 6.45) is 2.56. The van der Waals surface area contributed by atoms with Gasteiger partial charge in [-0.2, -0.15) is 0 Å². The van der Waals surface area contributed by atoms with Gasteiger partial charge in [-0.1, -0.05) is 0 Å². The number of allylic oxidation sites excluding steroid dienone is 1. The number of carbonyl (C=O) groups is 2. The molecular formula is C22H20N2O6. The summed E-state index contributed by atoms with van der Waals surface area (Å²) in [5, 5.41) is 2.74. The fourth-order valence-corrected chi connectivity index (χ4v) is 3.91. The van der Waals surface area contributed by atoms with E-state index in [9.17, 15) is 9.59 Å². The number of carbonyl (C=O) groups excluding carboxylic acids is 2. The van der Waals surface area contributed by atoms with Gasteiger partial charge in [-0.15, -0.1) is 0 Å². The fraction of sp³-hybridized carbons (Fsp3) is 0.273. The van der Waals surface area contributed by atoms with Gasteiger partial charge < -0.3 is 29.2 Å². The molecular weight excluding hydrogens is 388 g/mol. The van der Waals surface area contributed by atoms with Crippen molar-refractivity contribution < 1.29 is 28.5 Å². The van der Waals surface area contributed by atoms with Crippen molar-refractivity contribution in [3.8, 4) is 23.0 Å². The van der Waals surface area contributed by atoms with E-state index >= 15 is 0 Å². The second-order valence-corrected chi connectivity index (χ2v) is 7.29. The van der Waals surface area contributed by atoms with Crippen molar-refractivity contribution in [1.29, 1.82) is 0 Å². The van der Waals surface area contributed by atoms with Gasteiger partial charge in [0.05, 0.1) is 18.5 Å². The van der Waals surface area contributed by atoms with Gasteiger partial charge in [0.2, 0.25) is 18.3 Å². The van der Waals surface area contributed by atoms with Crippen LogP contribution >= 0.6 is 0 Å². The molecule has 0 fully saturated rings. The summed E-state index contributed by atoms with van der Waals surface area (Å²) in [6, 6.07) is 7.00. The molecule has 0 spiro atoms. The predicted molar refractivity (Wildman–Crippen MR) is 108 cm³/mol. The number of rotatable bonds is 3. The van der Waals surface area contributed by atoms with Crippen LogP contribution in [-0.4, -0.2) is 50.7 Å². The van der Waals surface area contributed by atoms with Crippen LogP contribution in [0.3, 0.4) is 0 Å². The van der Waals surface area contributed by atoms with Crippen LogP contribution in [0, 0.1) is 0 Å². The third kappa shape index (κ3) is 2.92. The lowest BCUT2D eigenvalue weighted by Gasteiger charge is -2.21. The Kier molecular flexibility index (Phi) is 4.27. The number of Topliss-reactive ketones (excluding diaryl/α,β-unsaturated/α-hetero) is 1. The molecule has 154 valence electrons. The van der Waals surface area contributed by atoms with Crippen molar-refractivity contribution in [1.82, 2.24) is 4.90 Å². The first-order valence-corrected chi connectivity index (χ1v) is 9.59. The number of nitrogens with one attached hydrogen (secondary N) is 1. The number of hydrogen-bond acceptors (Lipinski definition) is 7. The summed E-state index contributed by atoms with van der Waals surface area (Å²) >= 11 is 0. The van der Waals surface area contributed by atoms with Crippen LogP contribution in [0.5, 0.6) is 23.0 Å². The minimum absolute atomic E-state index is 0.0269. The van der Waals surface area contributed by atoms with Crippen molar-refractivity contribution >= 4 is 23.5 Å². The second-order valence-electron chi connectivity index (χ2n) is 7.29. The van der Waals surface area contributed by atoms with Gasteiger partial charge in [-0.3, -0.25) is 9.59 Å². The van der Waals surface area contributed by atoms with E-state index in [2.05, 4.69) is 5.32 Å². The number of ether oxygens (including phenoxy) is 4. The first-order valence-electron chi connectivity index (χ1n) is 9.59. The molecule has 0 radical (unpaired) electrons. The Balaban J connectivity index is 1.58. The maximum Gasteiger partial charge on any atom is 0.262 e. The Labute approximate surface area is 173 Å². The minimum atomic E-state index is -0.243. The second kappa shape index (κ2) is 6.98. The van der Waals surface area contributed by atoms with Crippen molar-refractivity contribution in [2.45, 2.75) is 6.42 Å². The molecule has 0 saturated heterocycles. The quantitative estimate of drug-likeness (QED) is 0.781. The highest BCUT2D eigenvalue weighted by atomic mass is 16.7. The van der Waals surface area contributed by atoms with E-state index in [1.165, 1.54) is 0 Å². The van der Waals surface area contributed by atoms with Crippen molar-refractivity contribution in [3.05, 3.63) is 46.7 Å². The first-order chi connectivity index (χ1) is 14.5. The molecule has 0 aromatic heterocycles. The molecule has 30 heavy (non-hydrogen) atoms. The molecule has 0 saturated carbocycles. The smallest absolute Gasteiger partial charge is 0.262 e. The Morgan fingerprint density at radius 2 is 2.03 bits per heavy atom. The fourth-order valence-electron chi connectivity index (χ4n) is 3.91. The maximum atomic E-state index is 13.4. The zero-order valence-corrected chi connectivity index (χ0v) is 16.6. The van der Waals surface area contributed by atoms with E-state index in [4.69, 9.17) is 18.9 Å². The average Bonchev–Trinajstić information content (AvgIpc) is 3.15. The minimum Gasteiger partial charge on any atom is -0.492 e. The molecule has 1 N–H and O–H groups in total. The van der Waals surface area contributed by atoms with Crippen molar-refractivity contribution in [2.75, 3.05) is 39.4 Å². The summed E-state index contributed by atoms with van der Waals surface area (Å²) in [5.41, 5.74) is 3.31. The highest BCUT2D eigenvalue weighted by molar-refractivity contribution is 6.12. The number of amides is 1. The summed E-state index contributed by atoms with van der Waals surface area (Å²) < 4.78 is 22.1. The number of benzene rings is 2. The zero-order valence-electron chi connectivity index (χ0n) is 16.6. The zero-order chi connectivity index (χ0) is 20.8. The topological polar surface area (TPSA) is 86.3 Å². The van der Waals surface area contributed by atoms with Crippen molar-refractivity contribution in [2.24, 2.45) is 0 Å². The molecule has 0 unspecified atom stereocenters. The monoisotopic (exact) mass is 408 g/mol. The molecule has 8 heteroatoms. The Morgan fingerprint density at radius 3 is 2.87 bits per heavy atom. The number of fused-ring (bicyclic) bond motifs is 3. The van der Waals surface area contributed by atoms with Crippen LogP contribution in [0.25, 0.3) is 6.08 Å². The van der Waals surface area contributed by atoms with Crippen LogP contribution in [0.15, 0.2) is 30.0 Å². The van der Waals surface area contributed by atoms with Crippen LogP contribution in [0.4, 0.5) is 5.69 Å². The standard InChI is InChI=1S/C22H20N2O6/c1-24-6-5-12-8-18-22(30-11-29-18)21(27-2)14(12)9-16(24)20(26)13-3-4-17-15(7-13)23-19(25)10-28-17/h3-4,7-9H,5-6,10-11H2,1-2H3,(H,23,25). The number of anilines is 1. The third-order valence-electron chi connectivity index (χ3n) is 5.46. The molecule has 5 rings (SSSR count). The van der Waals surface area contributed by atoms with Gasteiger partial charge in [0.1, 0.15) is 5.75 Å². The number of hydrogen-bond donors (Lipinski definition) is 1. The lowest BCUT2D eigenvalue weighted by atomic mass is 10.0. The molecule has 3 heterocycles. The molecule has 3 aliphatic heterocycles. The van der Waals surface area contributed by atoms with Gasteiger partial charge in [-0.25, -0.2) is 0 Å². The summed E-state index contributed by atoms with van der Waals surface area (Å²) in [5.74, 6) is 1.92. The van der Waals surface area contributed by atoms with E-state index in [1.807, 2.05) is 24.1 Å². The third-order valence-corrected chi connectivity index (χ3v) is 5.46. The molecule has 1 amide bonds. The van der Waals surface area contributed by atoms with E-state index in [0.717, 1.165) is 17.5 Å². The molecule has 0 bridgehead atoms. The Bertz CT molecular complexity index is 1110. The van der Waals surface area contributed by atoms with Gasteiger partial charge >= 0.3 is 0 Å². The summed E-state index contributed by atoms with van der Waals surface area (Å²) in [4.78, 5) is 27.0. The van der Waals surface area contributed by atoms with Crippen LogP contribution in [-0.2, 0) is 11.2 Å². The SMILES string of the molecule is COc1c2c(cc3c1OCO3)CCN(C)C(C(=O)c1ccc3c(c1)NC(=O)CO3)=C2. The summed E-state index contributed by atoms with van der Waals surface area (Å²) in [6.45, 7) is 0.770. The van der Waals surface area contributed by atoms with E-state index in [-0.39, 0.29) is 25.1 Å². The number of ketones is 1. The normalized spacial score (nSPS) is 16.5. The first kappa shape index (κ1) is 18.4. The summed E-state index contributed by atoms with van der Waals surface area (Å²) in [7, 11) is 3.46. The highest BCUT2D eigenvalue weighted by Crippen LogP contribution is 2.46. The maximum absolute atomic E-state index is 13.4. The van der Waals surface area contributed by atoms with Crippen LogP contribution in [0.1, 0.15) is 21.5 Å². The number of methoxy groups -OCH3 is 1. The van der Waals surface area contributed by atoms with Crippen LogP contribution < -0.4 is 24.3 Å². The number of likely N-dealkylation sites (N-methyl/N-ethyl adjacent to an activating group) is 1. The molecule has 0 atom stereocenters. The Morgan fingerprint density at radius 1 is 1.17 bits per heavy atom. The molecule has 3 aliphatic rings. The molecule has 2 aromatic carbocycles. The Hall–Kier alpha value is -3.68. The molecule has 2 aromatic rings. The van der Waals surface area contributed by atoms with Gasteiger partial charge in [0.25, 0.3) is 5.91 Å². The van der Waals surface area contributed by atoms with Gasteiger partial charge in [0.15, 0.2) is 18.1 Å². The van der Waals surface area contributed by atoms with E-state index in [1.54, 1.807) is 25.3 Å². The van der Waals surface area contributed by atoms with Gasteiger partial charge in [0, 0.05) is 24.7 Å². The molecule has 0 aliphatic carbocycles. The van der Waals surface area contributed by atoms with Crippen molar-refractivity contribution in [3.63, 3.8) is 0 Å². The van der Waals surface area contributed by atoms with Gasteiger partial charge in [-0.05, 0) is 42.3 Å². The predicted octanol–water partition coefficient (Wildman–Crippen LogP) is 2.47. The number of nitrogens with zero attached hydrogens (tertiary/aromatic N) is 1. The van der Waals surface area contributed by atoms with E-state index in [0.29, 0.717) is 46.5 Å².